The third-order valence-corrected chi connectivity index (χ3v) is 6.14. The fraction of sp³-hybridized carbons (Fsp3) is 0.500. The van der Waals surface area contributed by atoms with Gasteiger partial charge in [-0.2, -0.15) is 0 Å². The lowest BCUT2D eigenvalue weighted by Crippen LogP contribution is -2.16. The van der Waals surface area contributed by atoms with Gasteiger partial charge in [0.25, 0.3) is 0 Å². The van der Waals surface area contributed by atoms with Gasteiger partial charge in [0, 0.05) is 5.38 Å². The number of thiazole rings is 1. The van der Waals surface area contributed by atoms with Crippen LogP contribution < -0.4 is 0 Å². The summed E-state index contributed by atoms with van der Waals surface area (Å²) in [7, 11) is -1.33. The first-order chi connectivity index (χ1) is 10.5. The molecule has 0 radical (unpaired) electrons. The molecule has 0 aliphatic carbocycles. The van der Waals surface area contributed by atoms with E-state index in [0.29, 0.717) is 0 Å². The predicted molar refractivity (Wildman–Crippen MR) is 103 cm³/mol. The highest BCUT2D eigenvalue weighted by Crippen LogP contribution is 2.33. The Balaban J connectivity index is 2.08. The molecule has 0 aliphatic heterocycles. The number of hydrogen-bond acceptors (Lipinski definition) is 3. The molecule has 0 aliphatic rings. The maximum absolute atomic E-state index is 4.74. The molecule has 0 aromatic carbocycles. The minimum Gasteiger partial charge on any atom is -0.227 e. The van der Waals surface area contributed by atoms with E-state index in [-0.39, 0.29) is 0 Å². The Morgan fingerprint density at radius 2 is 1.95 bits per heavy atom. The molecule has 0 bridgehead atoms. The standard InChI is InChI=1S/C18H25NS2Si/c1-5-6-7-8-9-15-10-12-20-17(15)18-19-16(14-21-18)11-13-22(2,3)4/h10,12,14H,5-9H2,1-4H3. The Morgan fingerprint density at radius 1 is 1.14 bits per heavy atom. The molecule has 0 saturated heterocycles. The minimum absolute atomic E-state index is 0.938. The average Bonchev–Trinajstić information content (AvgIpc) is 3.09. The number of hydrogen-bond donors (Lipinski definition) is 0. The van der Waals surface area contributed by atoms with Crippen LogP contribution in [0.1, 0.15) is 43.9 Å². The Bertz CT molecular complexity index is 652. The number of aryl methyl sites for hydroxylation is 1. The van der Waals surface area contributed by atoms with Gasteiger partial charge in [-0.05, 0) is 29.9 Å². The van der Waals surface area contributed by atoms with Crippen molar-refractivity contribution in [2.75, 3.05) is 0 Å². The lowest BCUT2D eigenvalue weighted by molar-refractivity contribution is 0.668. The van der Waals surface area contributed by atoms with Gasteiger partial charge in [-0.1, -0.05) is 51.7 Å². The number of thiophene rings is 1. The van der Waals surface area contributed by atoms with Crippen molar-refractivity contribution in [3.8, 4) is 21.3 Å². The van der Waals surface area contributed by atoms with E-state index in [9.17, 15) is 0 Å². The summed E-state index contributed by atoms with van der Waals surface area (Å²) in [5, 5.41) is 5.43. The van der Waals surface area contributed by atoms with Crippen molar-refractivity contribution in [3.63, 3.8) is 0 Å². The molecule has 2 aromatic heterocycles. The molecule has 0 spiro atoms. The summed E-state index contributed by atoms with van der Waals surface area (Å²) in [6, 6.07) is 2.26. The summed E-state index contributed by atoms with van der Waals surface area (Å²) in [5.74, 6) is 3.26. The quantitative estimate of drug-likeness (QED) is 0.343. The summed E-state index contributed by atoms with van der Waals surface area (Å²) in [4.78, 5) is 6.09. The van der Waals surface area contributed by atoms with Gasteiger partial charge in [0.05, 0.1) is 4.88 Å². The van der Waals surface area contributed by atoms with Gasteiger partial charge < -0.3 is 0 Å². The molecule has 2 rings (SSSR count). The summed E-state index contributed by atoms with van der Waals surface area (Å²) >= 11 is 3.54. The number of rotatable bonds is 6. The molecule has 0 saturated carbocycles. The van der Waals surface area contributed by atoms with Crippen LogP contribution in [0, 0.1) is 11.5 Å². The van der Waals surface area contributed by atoms with E-state index in [2.05, 4.69) is 54.9 Å². The Kier molecular flexibility index (Phi) is 6.43. The fourth-order valence-corrected chi connectivity index (χ4v) is 4.50. The van der Waals surface area contributed by atoms with Crippen molar-refractivity contribution >= 4 is 30.7 Å². The first-order valence-corrected chi connectivity index (χ1v) is 13.3. The van der Waals surface area contributed by atoms with Crippen LogP contribution in [-0.4, -0.2) is 13.1 Å². The van der Waals surface area contributed by atoms with E-state index in [4.69, 9.17) is 4.98 Å². The van der Waals surface area contributed by atoms with Crippen LogP contribution in [0.25, 0.3) is 9.88 Å². The van der Waals surface area contributed by atoms with E-state index in [1.807, 2.05) is 11.3 Å². The van der Waals surface area contributed by atoms with Gasteiger partial charge in [0.1, 0.15) is 18.8 Å². The third-order valence-electron chi connectivity index (χ3n) is 3.31. The highest BCUT2D eigenvalue weighted by Gasteiger charge is 2.11. The number of nitrogens with zero attached hydrogens (tertiary/aromatic N) is 1. The van der Waals surface area contributed by atoms with Gasteiger partial charge in [0.15, 0.2) is 0 Å². The molecule has 22 heavy (non-hydrogen) atoms. The maximum Gasteiger partial charge on any atom is 0.135 e. The van der Waals surface area contributed by atoms with Gasteiger partial charge in [0.2, 0.25) is 0 Å². The fourth-order valence-electron chi connectivity index (χ4n) is 2.15. The second-order valence-electron chi connectivity index (χ2n) is 6.62. The van der Waals surface area contributed by atoms with Crippen molar-refractivity contribution in [3.05, 3.63) is 28.1 Å². The molecule has 4 heteroatoms. The zero-order chi connectivity index (χ0) is 16.0. The van der Waals surface area contributed by atoms with Gasteiger partial charge >= 0.3 is 0 Å². The highest BCUT2D eigenvalue weighted by molar-refractivity contribution is 7.20. The van der Waals surface area contributed by atoms with Crippen LogP contribution in [0.5, 0.6) is 0 Å². The SMILES string of the molecule is CCCCCCc1ccsc1-c1nc(C#C[Si](C)(C)C)cs1. The lowest BCUT2D eigenvalue weighted by atomic mass is 10.1. The second kappa shape index (κ2) is 8.10. The Morgan fingerprint density at radius 3 is 2.68 bits per heavy atom. The van der Waals surface area contributed by atoms with Crippen molar-refractivity contribution in [1.82, 2.24) is 4.98 Å². The third kappa shape index (κ3) is 5.39. The molecule has 2 aromatic rings. The molecule has 0 atom stereocenters. The van der Waals surface area contributed by atoms with E-state index in [0.717, 1.165) is 10.7 Å². The molecule has 0 fully saturated rings. The molecule has 2 heterocycles. The first kappa shape index (κ1) is 17.5. The van der Waals surface area contributed by atoms with Crippen LogP contribution >= 0.6 is 22.7 Å². The van der Waals surface area contributed by atoms with Crippen LogP contribution in [0.15, 0.2) is 16.8 Å². The predicted octanol–water partition coefficient (Wildman–Crippen LogP) is 6.22. The van der Waals surface area contributed by atoms with E-state index >= 15 is 0 Å². The average molecular weight is 348 g/mol. The summed E-state index contributed by atoms with van der Waals surface area (Å²) in [5.41, 5.74) is 5.79. The molecule has 0 unspecified atom stereocenters. The minimum atomic E-state index is -1.33. The van der Waals surface area contributed by atoms with Gasteiger partial charge in [-0.25, -0.2) is 4.98 Å². The van der Waals surface area contributed by atoms with Crippen LogP contribution in [0.2, 0.25) is 19.6 Å². The molecule has 1 nitrogen and oxygen atoms in total. The topological polar surface area (TPSA) is 12.9 Å². The highest BCUT2D eigenvalue weighted by atomic mass is 32.1. The van der Waals surface area contributed by atoms with E-state index in [1.54, 1.807) is 11.3 Å². The zero-order valence-electron chi connectivity index (χ0n) is 14.0. The van der Waals surface area contributed by atoms with E-state index in [1.165, 1.54) is 42.5 Å². The van der Waals surface area contributed by atoms with Gasteiger partial charge in [-0.3, -0.25) is 0 Å². The van der Waals surface area contributed by atoms with Crippen LogP contribution in [-0.2, 0) is 6.42 Å². The Labute approximate surface area is 143 Å². The first-order valence-electron chi connectivity index (χ1n) is 8.05. The molecule has 118 valence electrons. The summed E-state index contributed by atoms with van der Waals surface area (Å²) < 4.78 is 0. The van der Waals surface area contributed by atoms with E-state index < -0.39 is 8.07 Å². The van der Waals surface area contributed by atoms with Crippen molar-refractivity contribution in [2.45, 2.75) is 58.7 Å². The molecular formula is C18H25NS2Si. The lowest BCUT2D eigenvalue weighted by Gasteiger charge is -2.02. The monoisotopic (exact) mass is 347 g/mol. The second-order valence-corrected chi connectivity index (χ2v) is 13.1. The summed E-state index contributed by atoms with van der Waals surface area (Å²) in [6.07, 6.45) is 6.42. The molecule has 0 amide bonds. The number of aromatic nitrogens is 1. The maximum atomic E-state index is 4.74. The van der Waals surface area contributed by atoms with Crippen molar-refractivity contribution in [2.24, 2.45) is 0 Å². The van der Waals surface area contributed by atoms with Crippen molar-refractivity contribution in [1.29, 1.82) is 0 Å². The number of unbranched alkanes of at least 4 members (excludes halogenated alkanes) is 3. The smallest absolute Gasteiger partial charge is 0.135 e. The summed E-state index contributed by atoms with van der Waals surface area (Å²) in [6.45, 7) is 9.05. The normalized spacial score (nSPS) is 11.3. The zero-order valence-corrected chi connectivity index (χ0v) is 16.7. The van der Waals surface area contributed by atoms with Crippen LogP contribution in [0.4, 0.5) is 0 Å². The van der Waals surface area contributed by atoms with Crippen molar-refractivity contribution < 1.29 is 0 Å². The largest absolute Gasteiger partial charge is 0.227 e. The molecule has 0 N–H and O–H groups in total. The van der Waals surface area contributed by atoms with Crippen LogP contribution in [0.3, 0.4) is 0 Å². The molecular weight excluding hydrogens is 322 g/mol. The van der Waals surface area contributed by atoms with Gasteiger partial charge in [-0.15, -0.1) is 28.2 Å². The Hall–Kier alpha value is -0.893.